The molecule has 0 fully saturated rings. The Bertz CT molecular complexity index is 328. The van der Waals surface area contributed by atoms with E-state index < -0.39 is 12.2 Å². The second-order valence-corrected chi connectivity index (χ2v) is 3.66. The molecule has 1 aromatic carbocycles. The maximum atomic E-state index is 9.78. The molecule has 2 unspecified atom stereocenters. The van der Waals surface area contributed by atoms with Gasteiger partial charge in [0.2, 0.25) is 0 Å². The number of rotatable bonds is 4. The van der Waals surface area contributed by atoms with Crippen molar-refractivity contribution < 1.29 is 15.3 Å². The first-order valence-electron chi connectivity index (χ1n) is 4.89. The SMILES string of the molecule is Cc1ccc(N)c(C(O)C(O)CCO)c1. The monoisotopic (exact) mass is 211 g/mol. The van der Waals surface area contributed by atoms with Crippen LogP contribution in [0, 0.1) is 6.92 Å². The van der Waals surface area contributed by atoms with Gasteiger partial charge in [-0.25, -0.2) is 0 Å². The van der Waals surface area contributed by atoms with E-state index in [4.69, 9.17) is 10.8 Å². The number of nitrogen functional groups attached to an aromatic ring is 1. The zero-order chi connectivity index (χ0) is 11.4. The summed E-state index contributed by atoms with van der Waals surface area (Å²) in [4.78, 5) is 0. The highest BCUT2D eigenvalue weighted by Crippen LogP contribution is 2.25. The Morgan fingerprint density at radius 1 is 1.33 bits per heavy atom. The molecule has 15 heavy (non-hydrogen) atoms. The standard InChI is InChI=1S/C11H17NO3/c1-7-2-3-9(12)8(6-7)11(15)10(14)4-5-13/h2-3,6,10-11,13-15H,4-5,12H2,1H3. The molecule has 84 valence electrons. The predicted molar refractivity (Wildman–Crippen MR) is 58.3 cm³/mol. The van der Waals surface area contributed by atoms with Gasteiger partial charge in [0, 0.05) is 17.9 Å². The summed E-state index contributed by atoms with van der Waals surface area (Å²) in [6.45, 7) is 1.72. The van der Waals surface area contributed by atoms with Gasteiger partial charge in [0.15, 0.2) is 0 Å². The van der Waals surface area contributed by atoms with Crippen LogP contribution in [0.5, 0.6) is 0 Å². The number of nitrogens with two attached hydrogens (primary N) is 1. The molecule has 2 atom stereocenters. The molecule has 4 heteroatoms. The van der Waals surface area contributed by atoms with Crippen LogP contribution in [0.4, 0.5) is 5.69 Å². The van der Waals surface area contributed by atoms with Crippen LogP contribution in [0.1, 0.15) is 23.7 Å². The summed E-state index contributed by atoms with van der Waals surface area (Å²) in [6.07, 6.45) is -1.90. The maximum absolute atomic E-state index is 9.78. The molecule has 0 aliphatic rings. The Morgan fingerprint density at radius 2 is 2.00 bits per heavy atom. The zero-order valence-corrected chi connectivity index (χ0v) is 8.72. The zero-order valence-electron chi connectivity index (χ0n) is 8.72. The van der Waals surface area contributed by atoms with E-state index in [1.54, 1.807) is 12.1 Å². The van der Waals surface area contributed by atoms with Crippen LogP contribution >= 0.6 is 0 Å². The topological polar surface area (TPSA) is 86.7 Å². The third-order valence-corrected chi connectivity index (χ3v) is 2.35. The fourth-order valence-corrected chi connectivity index (χ4v) is 1.45. The van der Waals surface area contributed by atoms with Crippen LogP contribution in [-0.4, -0.2) is 28.0 Å². The molecule has 1 rings (SSSR count). The van der Waals surface area contributed by atoms with Crippen LogP contribution < -0.4 is 5.73 Å². The summed E-state index contributed by atoms with van der Waals surface area (Å²) in [5.74, 6) is 0. The highest BCUT2D eigenvalue weighted by Gasteiger charge is 2.19. The molecule has 0 aromatic heterocycles. The Morgan fingerprint density at radius 3 is 2.60 bits per heavy atom. The second-order valence-electron chi connectivity index (χ2n) is 3.66. The first-order valence-corrected chi connectivity index (χ1v) is 4.89. The van der Waals surface area contributed by atoms with Crippen molar-refractivity contribution in [2.45, 2.75) is 25.6 Å². The Labute approximate surface area is 89.0 Å². The van der Waals surface area contributed by atoms with E-state index in [0.717, 1.165) is 5.56 Å². The maximum Gasteiger partial charge on any atom is 0.107 e. The first-order chi connectivity index (χ1) is 7.06. The lowest BCUT2D eigenvalue weighted by Crippen LogP contribution is -2.20. The lowest BCUT2D eigenvalue weighted by Gasteiger charge is -2.19. The van der Waals surface area contributed by atoms with Crippen molar-refractivity contribution in [3.05, 3.63) is 29.3 Å². The highest BCUT2D eigenvalue weighted by molar-refractivity contribution is 5.49. The van der Waals surface area contributed by atoms with Gasteiger partial charge in [-0.3, -0.25) is 0 Å². The fourth-order valence-electron chi connectivity index (χ4n) is 1.45. The van der Waals surface area contributed by atoms with Crippen LogP contribution in [-0.2, 0) is 0 Å². The van der Waals surface area contributed by atoms with Gasteiger partial charge in [-0.05, 0) is 19.4 Å². The number of benzene rings is 1. The number of hydrogen-bond acceptors (Lipinski definition) is 4. The lowest BCUT2D eigenvalue weighted by molar-refractivity contribution is 0.00458. The summed E-state index contributed by atoms with van der Waals surface area (Å²) >= 11 is 0. The molecule has 0 bridgehead atoms. The van der Waals surface area contributed by atoms with Crippen molar-refractivity contribution in [3.63, 3.8) is 0 Å². The molecule has 5 N–H and O–H groups in total. The van der Waals surface area contributed by atoms with Gasteiger partial charge in [0.05, 0.1) is 6.10 Å². The number of aliphatic hydroxyl groups is 3. The molecule has 0 heterocycles. The Hall–Kier alpha value is -1.10. The van der Waals surface area contributed by atoms with Crippen LogP contribution in [0.25, 0.3) is 0 Å². The van der Waals surface area contributed by atoms with Gasteiger partial charge in [-0.1, -0.05) is 17.7 Å². The summed E-state index contributed by atoms with van der Waals surface area (Å²) in [5, 5.41) is 28.0. The predicted octanol–water partition coefficient (Wildman–Crippen LogP) is 0.354. The third kappa shape index (κ3) is 2.92. The molecule has 0 saturated carbocycles. The van der Waals surface area contributed by atoms with E-state index in [0.29, 0.717) is 11.3 Å². The quantitative estimate of drug-likeness (QED) is 0.541. The van der Waals surface area contributed by atoms with Crippen molar-refractivity contribution in [1.82, 2.24) is 0 Å². The molecule has 0 spiro atoms. The van der Waals surface area contributed by atoms with Crippen molar-refractivity contribution in [3.8, 4) is 0 Å². The minimum absolute atomic E-state index is 0.133. The van der Waals surface area contributed by atoms with Gasteiger partial charge < -0.3 is 21.1 Å². The van der Waals surface area contributed by atoms with Gasteiger partial charge >= 0.3 is 0 Å². The molecular formula is C11H17NO3. The summed E-state index contributed by atoms with van der Waals surface area (Å²) in [5.41, 5.74) is 7.62. The first kappa shape index (κ1) is 12.0. The van der Waals surface area contributed by atoms with Crippen molar-refractivity contribution >= 4 is 5.69 Å². The average Bonchev–Trinajstić information content (AvgIpc) is 2.21. The second kappa shape index (κ2) is 5.11. The minimum atomic E-state index is -1.04. The van der Waals surface area contributed by atoms with E-state index >= 15 is 0 Å². The molecule has 0 saturated heterocycles. The summed E-state index contributed by atoms with van der Waals surface area (Å²) in [6, 6.07) is 5.27. The minimum Gasteiger partial charge on any atom is -0.398 e. The van der Waals surface area contributed by atoms with Crippen LogP contribution in [0.2, 0.25) is 0 Å². The van der Waals surface area contributed by atoms with E-state index in [1.165, 1.54) is 0 Å². The Kier molecular flexibility index (Phi) is 4.08. The van der Waals surface area contributed by atoms with Crippen molar-refractivity contribution in [1.29, 1.82) is 0 Å². The summed E-state index contributed by atoms with van der Waals surface area (Å²) < 4.78 is 0. The average molecular weight is 211 g/mol. The lowest BCUT2D eigenvalue weighted by atomic mass is 9.99. The molecule has 0 aliphatic heterocycles. The smallest absolute Gasteiger partial charge is 0.107 e. The normalized spacial score (nSPS) is 14.9. The third-order valence-electron chi connectivity index (χ3n) is 2.35. The van der Waals surface area contributed by atoms with Crippen molar-refractivity contribution in [2.24, 2.45) is 0 Å². The van der Waals surface area contributed by atoms with Crippen LogP contribution in [0.3, 0.4) is 0 Å². The van der Waals surface area contributed by atoms with Gasteiger partial charge in [0.1, 0.15) is 6.10 Å². The fraction of sp³-hybridized carbons (Fsp3) is 0.455. The van der Waals surface area contributed by atoms with Crippen LogP contribution in [0.15, 0.2) is 18.2 Å². The highest BCUT2D eigenvalue weighted by atomic mass is 16.3. The molecular weight excluding hydrogens is 194 g/mol. The van der Waals surface area contributed by atoms with Gasteiger partial charge in [0.25, 0.3) is 0 Å². The largest absolute Gasteiger partial charge is 0.398 e. The number of aliphatic hydroxyl groups excluding tert-OH is 3. The van der Waals surface area contributed by atoms with E-state index in [-0.39, 0.29) is 13.0 Å². The molecule has 1 aromatic rings. The van der Waals surface area contributed by atoms with Gasteiger partial charge in [-0.2, -0.15) is 0 Å². The van der Waals surface area contributed by atoms with Gasteiger partial charge in [-0.15, -0.1) is 0 Å². The van der Waals surface area contributed by atoms with E-state index in [2.05, 4.69) is 0 Å². The number of aryl methyl sites for hydroxylation is 1. The van der Waals surface area contributed by atoms with Crippen molar-refractivity contribution in [2.75, 3.05) is 12.3 Å². The number of hydrogen-bond donors (Lipinski definition) is 4. The van der Waals surface area contributed by atoms with E-state index in [9.17, 15) is 10.2 Å². The molecule has 0 aliphatic carbocycles. The van der Waals surface area contributed by atoms with E-state index in [1.807, 2.05) is 13.0 Å². The summed E-state index contributed by atoms with van der Waals surface area (Å²) in [7, 11) is 0. The molecule has 0 amide bonds. The molecule has 0 radical (unpaired) electrons. The molecule has 4 nitrogen and oxygen atoms in total. The number of anilines is 1. The Balaban J connectivity index is 2.89.